The lowest BCUT2D eigenvalue weighted by Crippen LogP contribution is -1.75. The minimum Gasteiger partial charge on any atom is -0.299 e. The fourth-order valence-electron chi connectivity index (χ4n) is 0. The van der Waals surface area contributed by atoms with Gasteiger partial charge in [0.15, 0.2) is 10.5 Å². The molecule has 0 spiro atoms. The Bertz CT molecular complexity index is 8.00. The van der Waals surface area contributed by atoms with Gasteiger partial charge in [-0.3, -0.25) is 9.46 Å². The molecule has 2 nitrogen and oxygen atoms in total. The maximum Gasteiger partial charge on any atom is 0.193 e. The lowest BCUT2D eigenvalue weighted by Gasteiger charge is -1.79. The van der Waals surface area contributed by atoms with E-state index in [2.05, 4.69) is 9.46 Å². The molecular formula is CH6O2Si. The maximum atomic E-state index is 4.18. The molecule has 0 bridgehead atoms. The van der Waals surface area contributed by atoms with E-state index < -0.39 is 0 Å². The minimum absolute atomic E-state index is 0.667. The van der Waals surface area contributed by atoms with Gasteiger partial charge >= 0.3 is 0 Å². The van der Waals surface area contributed by atoms with Crippen LogP contribution in [0.3, 0.4) is 0 Å². The van der Waals surface area contributed by atoms with E-state index in [1.165, 1.54) is 7.11 Å². The summed E-state index contributed by atoms with van der Waals surface area (Å²) >= 11 is 0. The molecule has 0 aliphatic carbocycles. The second-order valence-corrected chi connectivity index (χ2v) is 0.667. The second-order valence-electron chi connectivity index (χ2n) is 0.333. The molecule has 0 saturated carbocycles. The molecule has 0 amide bonds. The third-order valence-corrected chi connectivity index (χ3v) is 0.500. The highest BCUT2D eigenvalue weighted by Crippen LogP contribution is 1.49. The molecule has 0 unspecified atom stereocenters. The van der Waals surface area contributed by atoms with E-state index in [0.29, 0.717) is 10.5 Å². The lowest BCUT2D eigenvalue weighted by molar-refractivity contribution is -0.173. The summed E-state index contributed by atoms with van der Waals surface area (Å²) in [4.78, 5) is 4.10. The van der Waals surface area contributed by atoms with Gasteiger partial charge in [-0.15, -0.1) is 0 Å². The zero-order chi connectivity index (χ0) is 3.41. The van der Waals surface area contributed by atoms with E-state index in [0.717, 1.165) is 0 Å². The van der Waals surface area contributed by atoms with Crippen molar-refractivity contribution in [2.24, 2.45) is 0 Å². The van der Waals surface area contributed by atoms with Gasteiger partial charge in [0.05, 0.1) is 7.11 Å². The third-order valence-electron chi connectivity index (χ3n) is 0.167. The van der Waals surface area contributed by atoms with Crippen molar-refractivity contribution in [3.8, 4) is 0 Å². The van der Waals surface area contributed by atoms with E-state index in [1.807, 2.05) is 0 Å². The molecule has 0 rings (SSSR count). The van der Waals surface area contributed by atoms with Gasteiger partial charge in [0.1, 0.15) is 0 Å². The van der Waals surface area contributed by atoms with Crippen molar-refractivity contribution in [3.05, 3.63) is 0 Å². The SMILES string of the molecule is COO[SiH3]. The Balaban J connectivity index is 1.97. The molecular weight excluding hydrogens is 72.1 g/mol. The highest BCUT2D eigenvalue weighted by Gasteiger charge is 1.47. The molecule has 26 valence electrons. The number of hydrogen-bond acceptors (Lipinski definition) is 2. The fourth-order valence-corrected chi connectivity index (χ4v) is 0. The molecule has 0 radical (unpaired) electrons. The van der Waals surface area contributed by atoms with E-state index >= 15 is 0 Å². The monoisotopic (exact) mass is 78.0 g/mol. The van der Waals surface area contributed by atoms with Crippen LogP contribution in [-0.2, 0) is 9.46 Å². The van der Waals surface area contributed by atoms with Crippen molar-refractivity contribution in [1.29, 1.82) is 0 Å². The Morgan fingerprint density at radius 1 is 1.75 bits per heavy atom. The molecule has 0 aromatic rings. The normalized spacial score (nSPS) is 8.25. The Morgan fingerprint density at radius 2 is 2.00 bits per heavy atom. The van der Waals surface area contributed by atoms with Gasteiger partial charge < -0.3 is 0 Å². The van der Waals surface area contributed by atoms with Crippen molar-refractivity contribution >= 4 is 10.5 Å². The zero-order valence-electron chi connectivity index (χ0n) is 2.82. The van der Waals surface area contributed by atoms with Gasteiger partial charge in [-0.25, -0.2) is 0 Å². The van der Waals surface area contributed by atoms with Crippen molar-refractivity contribution in [2.45, 2.75) is 0 Å². The van der Waals surface area contributed by atoms with Crippen LogP contribution < -0.4 is 0 Å². The minimum atomic E-state index is 0.667. The summed E-state index contributed by atoms with van der Waals surface area (Å²) in [6.45, 7) is 0. The van der Waals surface area contributed by atoms with Crippen LogP contribution in [-0.4, -0.2) is 17.6 Å². The number of hydrogen-bond donors (Lipinski definition) is 0. The van der Waals surface area contributed by atoms with Gasteiger partial charge in [-0.2, -0.15) is 0 Å². The van der Waals surface area contributed by atoms with Crippen LogP contribution in [0.5, 0.6) is 0 Å². The molecule has 3 heteroatoms. The highest BCUT2D eigenvalue weighted by atomic mass is 28.2. The average Bonchev–Trinajstić information content (AvgIpc) is 1.37. The summed E-state index contributed by atoms with van der Waals surface area (Å²) in [5.74, 6) is 0. The molecule has 0 saturated heterocycles. The Morgan fingerprint density at radius 3 is 2.00 bits per heavy atom. The summed E-state index contributed by atoms with van der Waals surface area (Å²) in [6, 6.07) is 0. The molecule has 0 aliphatic rings. The zero-order valence-corrected chi connectivity index (χ0v) is 4.82. The van der Waals surface area contributed by atoms with Crippen LogP contribution in [0.2, 0.25) is 0 Å². The summed E-state index contributed by atoms with van der Waals surface area (Å²) in [6.07, 6.45) is 0. The predicted molar refractivity (Wildman–Crippen MR) is 18.0 cm³/mol. The average molecular weight is 78.1 g/mol. The van der Waals surface area contributed by atoms with Crippen molar-refractivity contribution in [3.63, 3.8) is 0 Å². The largest absolute Gasteiger partial charge is 0.299 e. The molecule has 0 aromatic carbocycles. The highest BCUT2D eigenvalue weighted by molar-refractivity contribution is 5.97. The first-order valence-electron chi connectivity index (χ1n) is 0.983. The summed E-state index contributed by atoms with van der Waals surface area (Å²) < 4.78 is 4.18. The van der Waals surface area contributed by atoms with Crippen LogP contribution >= 0.6 is 0 Å². The summed E-state index contributed by atoms with van der Waals surface area (Å²) in [5.41, 5.74) is 0. The molecule has 4 heavy (non-hydrogen) atoms. The Kier molecular flexibility index (Phi) is 3.24. The number of rotatable bonds is 1. The molecule has 0 heterocycles. The standard InChI is InChI=1S/CH6O2Si/c1-2-3-4/h1,4H3. The molecule has 0 atom stereocenters. The van der Waals surface area contributed by atoms with Crippen LogP contribution in [0.1, 0.15) is 0 Å². The molecule has 0 aliphatic heterocycles. The topological polar surface area (TPSA) is 18.5 Å². The van der Waals surface area contributed by atoms with Gasteiger partial charge in [0.2, 0.25) is 0 Å². The Labute approximate surface area is 28.2 Å². The maximum absolute atomic E-state index is 4.18. The van der Waals surface area contributed by atoms with Gasteiger partial charge in [0.25, 0.3) is 0 Å². The van der Waals surface area contributed by atoms with E-state index in [1.54, 1.807) is 0 Å². The Hall–Kier alpha value is 0.137. The lowest BCUT2D eigenvalue weighted by atomic mass is 11.8. The fraction of sp³-hybridized carbons (Fsp3) is 1.00. The first kappa shape index (κ1) is 4.14. The summed E-state index contributed by atoms with van der Waals surface area (Å²) in [7, 11) is 2.16. The van der Waals surface area contributed by atoms with Crippen LogP contribution in [0.25, 0.3) is 0 Å². The predicted octanol–water partition coefficient (Wildman–Crippen LogP) is -1.16. The van der Waals surface area contributed by atoms with Crippen LogP contribution in [0, 0.1) is 0 Å². The molecule has 0 N–H and O–H groups in total. The van der Waals surface area contributed by atoms with Crippen molar-refractivity contribution in [2.75, 3.05) is 7.11 Å². The summed E-state index contributed by atoms with van der Waals surface area (Å²) in [5, 5.41) is 0. The third kappa shape index (κ3) is 2.14. The first-order valence-corrected chi connectivity index (χ1v) is 1.80. The van der Waals surface area contributed by atoms with E-state index in [-0.39, 0.29) is 0 Å². The smallest absolute Gasteiger partial charge is 0.193 e. The van der Waals surface area contributed by atoms with Crippen LogP contribution in [0.4, 0.5) is 0 Å². The van der Waals surface area contributed by atoms with Gasteiger partial charge in [0, 0.05) is 0 Å². The van der Waals surface area contributed by atoms with Crippen molar-refractivity contribution < 1.29 is 9.46 Å². The van der Waals surface area contributed by atoms with E-state index in [9.17, 15) is 0 Å². The molecule has 0 fully saturated rings. The van der Waals surface area contributed by atoms with E-state index in [4.69, 9.17) is 0 Å². The first-order chi connectivity index (χ1) is 1.91. The second kappa shape index (κ2) is 3.14. The quantitative estimate of drug-likeness (QED) is 0.224. The van der Waals surface area contributed by atoms with Gasteiger partial charge in [-0.1, -0.05) is 0 Å². The molecule has 0 aromatic heterocycles. The van der Waals surface area contributed by atoms with Crippen LogP contribution in [0.15, 0.2) is 0 Å². The van der Waals surface area contributed by atoms with Crippen molar-refractivity contribution in [1.82, 2.24) is 0 Å². The van der Waals surface area contributed by atoms with Gasteiger partial charge in [-0.05, 0) is 0 Å².